The highest BCUT2D eigenvalue weighted by atomic mass is 79.9. The molecule has 0 radical (unpaired) electrons. The van der Waals surface area contributed by atoms with Gasteiger partial charge in [0.2, 0.25) is 0 Å². The lowest BCUT2D eigenvalue weighted by atomic mass is 10.2. The van der Waals surface area contributed by atoms with Gasteiger partial charge >= 0.3 is 0 Å². The Kier molecular flexibility index (Phi) is 4.29. The molecule has 2 aromatic rings. The predicted octanol–water partition coefficient (Wildman–Crippen LogP) is 4.79. The number of hydrogen-bond acceptors (Lipinski definition) is 3. The fourth-order valence-electron chi connectivity index (χ4n) is 1.57. The molecule has 1 N–H and O–H groups in total. The molecule has 0 amide bonds. The van der Waals surface area contributed by atoms with Crippen molar-refractivity contribution >= 4 is 39.1 Å². The molecule has 0 atom stereocenters. The van der Waals surface area contributed by atoms with E-state index in [-0.39, 0.29) is 0 Å². The highest BCUT2D eigenvalue weighted by molar-refractivity contribution is 9.10. The molecule has 90 valence electrons. The molecule has 0 aliphatic carbocycles. The summed E-state index contributed by atoms with van der Waals surface area (Å²) in [5.41, 5.74) is 2.40. The number of hydrogen-bond donors (Lipinski definition) is 1. The molecule has 2 rings (SSSR count). The Balaban J connectivity index is 2.28. The number of nitrogens with zero attached hydrogens (tertiary/aromatic N) is 1. The zero-order valence-corrected chi connectivity index (χ0v) is 12.2. The normalized spacial score (nSPS) is 9.83. The molecular weight excluding hydrogens is 308 g/mol. The molecule has 4 heteroatoms. The monoisotopic (exact) mass is 318 g/mol. The summed E-state index contributed by atoms with van der Waals surface area (Å²) in [6.45, 7) is 0. The van der Waals surface area contributed by atoms with Crippen molar-refractivity contribution in [3.05, 3.63) is 52.5 Å². The van der Waals surface area contributed by atoms with Gasteiger partial charge in [0.05, 0.1) is 11.3 Å². The summed E-state index contributed by atoms with van der Waals surface area (Å²) in [6.07, 6.45) is 2.05. The Morgan fingerprint density at radius 3 is 2.50 bits per heavy atom. The molecule has 0 spiro atoms. The van der Waals surface area contributed by atoms with Gasteiger partial charge in [0, 0.05) is 15.1 Å². The van der Waals surface area contributed by atoms with Crippen molar-refractivity contribution in [3.8, 4) is 6.07 Å². The average Bonchev–Trinajstić information content (AvgIpc) is 2.40. The molecule has 2 aromatic carbocycles. The van der Waals surface area contributed by atoms with Crippen LogP contribution in [0.5, 0.6) is 0 Å². The SMILES string of the molecule is CSc1ccc(Nc2cccc(Br)c2C#N)cc1. The smallest absolute Gasteiger partial charge is 0.103 e. The first-order valence-electron chi connectivity index (χ1n) is 5.34. The fraction of sp³-hybridized carbons (Fsp3) is 0.0714. The largest absolute Gasteiger partial charge is 0.354 e. The van der Waals surface area contributed by atoms with Crippen LogP contribution < -0.4 is 5.32 Å². The zero-order chi connectivity index (χ0) is 13.0. The molecule has 0 fully saturated rings. The molecule has 0 bridgehead atoms. The van der Waals surface area contributed by atoms with Crippen LogP contribution >= 0.6 is 27.7 Å². The lowest BCUT2D eigenvalue weighted by Crippen LogP contribution is -1.94. The second kappa shape index (κ2) is 5.94. The van der Waals surface area contributed by atoms with Crippen molar-refractivity contribution in [1.82, 2.24) is 0 Å². The maximum Gasteiger partial charge on any atom is 0.103 e. The van der Waals surface area contributed by atoms with E-state index in [4.69, 9.17) is 5.26 Å². The van der Waals surface area contributed by atoms with Gasteiger partial charge in [-0.05, 0) is 58.6 Å². The van der Waals surface area contributed by atoms with E-state index >= 15 is 0 Å². The molecule has 2 nitrogen and oxygen atoms in total. The standard InChI is InChI=1S/C14H11BrN2S/c1-18-11-7-5-10(6-8-11)17-14-4-2-3-13(15)12(14)9-16/h2-8,17H,1H3. The van der Waals surface area contributed by atoms with Crippen LogP contribution in [0.3, 0.4) is 0 Å². The number of thioether (sulfide) groups is 1. The number of benzene rings is 2. The van der Waals surface area contributed by atoms with Gasteiger partial charge in [0.15, 0.2) is 0 Å². The topological polar surface area (TPSA) is 35.8 Å². The summed E-state index contributed by atoms with van der Waals surface area (Å²) in [5.74, 6) is 0. The van der Waals surface area contributed by atoms with E-state index in [0.29, 0.717) is 5.56 Å². The third-order valence-electron chi connectivity index (χ3n) is 2.49. The summed E-state index contributed by atoms with van der Waals surface area (Å²) >= 11 is 5.08. The van der Waals surface area contributed by atoms with E-state index in [0.717, 1.165) is 15.8 Å². The molecule has 0 aliphatic rings. The molecule has 18 heavy (non-hydrogen) atoms. The Morgan fingerprint density at radius 2 is 1.89 bits per heavy atom. The lowest BCUT2D eigenvalue weighted by Gasteiger charge is -2.09. The molecule has 0 unspecified atom stereocenters. The minimum atomic E-state index is 0.617. The third kappa shape index (κ3) is 2.87. The summed E-state index contributed by atoms with van der Waals surface area (Å²) in [6, 6.07) is 16.0. The first kappa shape index (κ1) is 13.0. The quantitative estimate of drug-likeness (QED) is 0.827. The predicted molar refractivity (Wildman–Crippen MR) is 80.4 cm³/mol. The van der Waals surface area contributed by atoms with Crippen molar-refractivity contribution < 1.29 is 0 Å². The minimum absolute atomic E-state index is 0.617. The maximum absolute atomic E-state index is 9.14. The maximum atomic E-state index is 9.14. The van der Waals surface area contributed by atoms with E-state index in [1.807, 2.05) is 36.6 Å². The second-order valence-corrected chi connectivity index (χ2v) is 5.36. The van der Waals surface area contributed by atoms with Gasteiger partial charge in [-0.3, -0.25) is 0 Å². The molecule has 0 saturated heterocycles. The van der Waals surface area contributed by atoms with E-state index in [1.165, 1.54) is 4.90 Å². The van der Waals surface area contributed by atoms with Crippen LogP contribution in [0.15, 0.2) is 51.8 Å². The van der Waals surface area contributed by atoms with Gasteiger partial charge in [0.25, 0.3) is 0 Å². The Labute approximate surface area is 119 Å². The molecule has 0 saturated carbocycles. The van der Waals surface area contributed by atoms with Crippen molar-refractivity contribution in [2.24, 2.45) is 0 Å². The van der Waals surface area contributed by atoms with Gasteiger partial charge in [-0.25, -0.2) is 0 Å². The van der Waals surface area contributed by atoms with Crippen molar-refractivity contribution in [1.29, 1.82) is 5.26 Å². The Bertz CT molecular complexity index is 588. The molecular formula is C14H11BrN2S. The van der Waals surface area contributed by atoms with Crippen molar-refractivity contribution in [2.45, 2.75) is 4.90 Å². The van der Waals surface area contributed by atoms with Crippen LogP contribution in [0.4, 0.5) is 11.4 Å². The molecule has 0 aromatic heterocycles. The van der Waals surface area contributed by atoms with Crippen LogP contribution in [-0.4, -0.2) is 6.26 Å². The van der Waals surface area contributed by atoms with Crippen LogP contribution in [0.25, 0.3) is 0 Å². The van der Waals surface area contributed by atoms with E-state index in [1.54, 1.807) is 11.8 Å². The number of nitriles is 1. The highest BCUT2D eigenvalue weighted by Gasteiger charge is 2.05. The number of rotatable bonds is 3. The van der Waals surface area contributed by atoms with E-state index in [9.17, 15) is 0 Å². The zero-order valence-electron chi connectivity index (χ0n) is 9.77. The van der Waals surface area contributed by atoms with E-state index in [2.05, 4.69) is 39.4 Å². The van der Waals surface area contributed by atoms with Crippen molar-refractivity contribution in [2.75, 3.05) is 11.6 Å². The van der Waals surface area contributed by atoms with Gasteiger partial charge < -0.3 is 5.32 Å². The number of anilines is 2. The summed E-state index contributed by atoms with van der Waals surface area (Å²) in [5, 5.41) is 12.4. The highest BCUT2D eigenvalue weighted by Crippen LogP contribution is 2.27. The summed E-state index contributed by atoms with van der Waals surface area (Å²) < 4.78 is 0.802. The first-order chi connectivity index (χ1) is 8.74. The Morgan fingerprint density at radius 1 is 1.17 bits per heavy atom. The van der Waals surface area contributed by atoms with Crippen LogP contribution in [-0.2, 0) is 0 Å². The van der Waals surface area contributed by atoms with Gasteiger partial charge in [0.1, 0.15) is 6.07 Å². The number of nitrogens with one attached hydrogen (secondary N) is 1. The average molecular weight is 319 g/mol. The summed E-state index contributed by atoms with van der Waals surface area (Å²) in [4.78, 5) is 1.22. The second-order valence-electron chi connectivity index (χ2n) is 3.63. The first-order valence-corrected chi connectivity index (χ1v) is 7.36. The minimum Gasteiger partial charge on any atom is -0.354 e. The van der Waals surface area contributed by atoms with Gasteiger partial charge in [-0.15, -0.1) is 11.8 Å². The van der Waals surface area contributed by atoms with Crippen LogP contribution in [0.1, 0.15) is 5.56 Å². The number of halogens is 1. The van der Waals surface area contributed by atoms with Gasteiger partial charge in [-0.1, -0.05) is 6.07 Å². The fourth-order valence-corrected chi connectivity index (χ4v) is 2.43. The van der Waals surface area contributed by atoms with Crippen molar-refractivity contribution in [3.63, 3.8) is 0 Å². The third-order valence-corrected chi connectivity index (χ3v) is 3.90. The lowest BCUT2D eigenvalue weighted by molar-refractivity contribution is 1.42. The molecule has 0 heterocycles. The van der Waals surface area contributed by atoms with E-state index < -0.39 is 0 Å². The van der Waals surface area contributed by atoms with Crippen LogP contribution in [0.2, 0.25) is 0 Å². The molecule has 0 aliphatic heterocycles. The van der Waals surface area contributed by atoms with Crippen LogP contribution in [0, 0.1) is 11.3 Å². The van der Waals surface area contributed by atoms with Gasteiger partial charge in [-0.2, -0.15) is 5.26 Å². The Hall–Kier alpha value is -1.44. The summed E-state index contributed by atoms with van der Waals surface area (Å²) in [7, 11) is 0.